The van der Waals surface area contributed by atoms with Crippen molar-refractivity contribution in [2.45, 2.75) is 52.5 Å². The number of hydrogen-bond donors (Lipinski definition) is 1. The van der Waals surface area contributed by atoms with Crippen molar-refractivity contribution in [1.82, 2.24) is 5.32 Å². The Morgan fingerprint density at radius 1 is 1.27 bits per heavy atom. The molecule has 1 rings (SSSR count). The first-order valence-corrected chi connectivity index (χ1v) is 4.51. The molecule has 0 aliphatic carbocycles. The molecule has 2 unspecified atom stereocenters. The minimum Gasteiger partial charge on any atom is -0.353 e. The molecule has 0 radical (unpaired) electrons. The highest BCUT2D eigenvalue weighted by Crippen LogP contribution is 2.26. The van der Waals surface area contributed by atoms with E-state index in [2.05, 4.69) is 33.0 Å². The minimum absolute atomic E-state index is 0.345. The first-order chi connectivity index (χ1) is 5.09. The Labute approximate surface area is 69.3 Å². The SMILES string of the molecule is CC(C)CC1OC1NC(C)C. The lowest BCUT2D eigenvalue weighted by Gasteiger charge is -2.04. The lowest BCUT2D eigenvalue weighted by atomic mass is 10.1. The van der Waals surface area contributed by atoms with Crippen LogP contribution < -0.4 is 5.32 Å². The molecular weight excluding hydrogens is 138 g/mol. The molecule has 1 fully saturated rings. The van der Waals surface area contributed by atoms with Gasteiger partial charge in [0.15, 0.2) is 0 Å². The Hall–Kier alpha value is -0.0800. The standard InChI is InChI=1S/C9H19NO/c1-6(2)5-8-9(11-8)10-7(3)4/h6-10H,5H2,1-4H3. The van der Waals surface area contributed by atoms with E-state index in [1.54, 1.807) is 0 Å². The van der Waals surface area contributed by atoms with Crippen molar-refractivity contribution in [3.8, 4) is 0 Å². The third-order valence-corrected chi connectivity index (χ3v) is 1.78. The van der Waals surface area contributed by atoms with E-state index in [9.17, 15) is 0 Å². The monoisotopic (exact) mass is 157 g/mol. The molecule has 1 heterocycles. The molecule has 0 aromatic heterocycles. The summed E-state index contributed by atoms with van der Waals surface area (Å²) in [4.78, 5) is 0. The van der Waals surface area contributed by atoms with Crippen LogP contribution in [0.4, 0.5) is 0 Å². The van der Waals surface area contributed by atoms with Gasteiger partial charge in [0.2, 0.25) is 0 Å². The van der Waals surface area contributed by atoms with Gasteiger partial charge < -0.3 is 4.74 Å². The Kier molecular flexibility index (Phi) is 2.90. The predicted octanol–water partition coefficient (Wildman–Crippen LogP) is 1.76. The average Bonchev–Trinajstić information content (AvgIpc) is 2.43. The van der Waals surface area contributed by atoms with Crippen molar-refractivity contribution >= 4 is 0 Å². The van der Waals surface area contributed by atoms with Gasteiger partial charge in [-0.25, -0.2) is 0 Å². The number of nitrogens with one attached hydrogen (secondary N) is 1. The van der Waals surface area contributed by atoms with Crippen LogP contribution in [0.5, 0.6) is 0 Å². The fourth-order valence-electron chi connectivity index (χ4n) is 1.26. The van der Waals surface area contributed by atoms with Gasteiger partial charge in [-0.05, 0) is 26.2 Å². The molecule has 66 valence electrons. The van der Waals surface area contributed by atoms with E-state index in [-0.39, 0.29) is 0 Å². The summed E-state index contributed by atoms with van der Waals surface area (Å²) in [6, 6.07) is 0.539. The van der Waals surface area contributed by atoms with Crippen LogP contribution in [0.25, 0.3) is 0 Å². The van der Waals surface area contributed by atoms with Crippen LogP contribution in [-0.2, 0) is 4.74 Å². The van der Waals surface area contributed by atoms with Crippen molar-refractivity contribution in [2.75, 3.05) is 0 Å². The second kappa shape index (κ2) is 3.55. The van der Waals surface area contributed by atoms with Crippen LogP contribution >= 0.6 is 0 Å². The van der Waals surface area contributed by atoms with E-state index in [1.165, 1.54) is 6.42 Å². The molecule has 0 saturated carbocycles. The highest BCUT2D eigenvalue weighted by atomic mass is 16.6. The highest BCUT2D eigenvalue weighted by Gasteiger charge is 2.38. The second-order valence-corrected chi connectivity index (χ2v) is 4.05. The molecule has 1 saturated heterocycles. The smallest absolute Gasteiger partial charge is 0.135 e. The molecular formula is C9H19NO. The fourth-order valence-corrected chi connectivity index (χ4v) is 1.26. The number of hydrogen-bond acceptors (Lipinski definition) is 2. The fraction of sp³-hybridized carbons (Fsp3) is 1.00. The summed E-state index contributed by atoms with van der Waals surface area (Å²) in [5.74, 6) is 0.749. The zero-order valence-corrected chi connectivity index (χ0v) is 7.92. The van der Waals surface area contributed by atoms with Crippen LogP contribution in [0.2, 0.25) is 0 Å². The van der Waals surface area contributed by atoms with Gasteiger partial charge in [-0.15, -0.1) is 0 Å². The minimum atomic E-state index is 0.345. The first kappa shape index (κ1) is 9.01. The Morgan fingerprint density at radius 2 is 1.91 bits per heavy atom. The van der Waals surface area contributed by atoms with Crippen LogP contribution in [-0.4, -0.2) is 18.4 Å². The zero-order valence-electron chi connectivity index (χ0n) is 7.92. The van der Waals surface area contributed by atoms with Gasteiger partial charge in [0.1, 0.15) is 6.23 Å². The van der Waals surface area contributed by atoms with Gasteiger partial charge in [-0.2, -0.15) is 0 Å². The van der Waals surface area contributed by atoms with Gasteiger partial charge in [-0.1, -0.05) is 13.8 Å². The average molecular weight is 157 g/mol. The molecule has 0 amide bonds. The number of ether oxygens (including phenoxy) is 1. The van der Waals surface area contributed by atoms with E-state index >= 15 is 0 Å². The highest BCUT2D eigenvalue weighted by molar-refractivity contribution is 4.84. The van der Waals surface area contributed by atoms with E-state index < -0.39 is 0 Å². The predicted molar refractivity (Wildman–Crippen MR) is 46.4 cm³/mol. The van der Waals surface area contributed by atoms with Gasteiger partial charge in [0.25, 0.3) is 0 Å². The lowest BCUT2D eigenvalue weighted by Crippen LogP contribution is -2.27. The van der Waals surface area contributed by atoms with Crippen molar-refractivity contribution in [3.63, 3.8) is 0 Å². The molecule has 1 aliphatic rings. The van der Waals surface area contributed by atoms with Gasteiger partial charge >= 0.3 is 0 Å². The van der Waals surface area contributed by atoms with E-state index in [0.29, 0.717) is 18.4 Å². The molecule has 0 aromatic carbocycles. The Balaban J connectivity index is 2.07. The molecule has 0 spiro atoms. The summed E-state index contributed by atoms with van der Waals surface area (Å²) in [7, 11) is 0. The van der Waals surface area contributed by atoms with Crippen molar-refractivity contribution in [2.24, 2.45) is 5.92 Å². The molecule has 0 aromatic rings. The molecule has 1 N–H and O–H groups in total. The third-order valence-electron chi connectivity index (χ3n) is 1.78. The summed E-state index contributed by atoms with van der Waals surface area (Å²) in [5, 5.41) is 3.35. The van der Waals surface area contributed by atoms with Crippen LogP contribution in [0, 0.1) is 5.92 Å². The first-order valence-electron chi connectivity index (χ1n) is 4.51. The van der Waals surface area contributed by atoms with Crippen LogP contribution in [0.3, 0.4) is 0 Å². The topological polar surface area (TPSA) is 24.6 Å². The molecule has 2 nitrogen and oxygen atoms in total. The lowest BCUT2D eigenvalue weighted by molar-refractivity contribution is 0.321. The van der Waals surface area contributed by atoms with Gasteiger partial charge in [0.05, 0.1) is 6.10 Å². The molecule has 11 heavy (non-hydrogen) atoms. The third kappa shape index (κ3) is 3.21. The van der Waals surface area contributed by atoms with Crippen LogP contribution in [0.15, 0.2) is 0 Å². The largest absolute Gasteiger partial charge is 0.353 e. The van der Waals surface area contributed by atoms with Crippen molar-refractivity contribution < 1.29 is 4.74 Å². The normalized spacial score (nSPS) is 30.0. The maximum atomic E-state index is 5.43. The quantitative estimate of drug-likeness (QED) is 0.629. The molecule has 2 heteroatoms. The van der Waals surface area contributed by atoms with E-state index in [0.717, 1.165) is 5.92 Å². The molecule has 1 aliphatic heterocycles. The summed E-state index contributed by atoms with van der Waals surface area (Å²) >= 11 is 0. The second-order valence-electron chi connectivity index (χ2n) is 4.05. The molecule has 0 bridgehead atoms. The summed E-state index contributed by atoms with van der Waals surface area (Å²) < 4.78 is 5.43. The molecule has 2 atom stereocenters. The van der Waals surface area contributed by atoms with Crippen LogP contribution in [0.1, 0.15) is 34.1 Å². The zero-order chi connectivity index (χ0) is 8.43. The van der Waals surface area contributed by atoms with Crippen molar-refractivity contribution in [1.29, 1.82) is 0 Å². The Bertz CT molecular complexity index is 109. The van der Waals surface area contributed by atoms with E-state index in [1.807, 2.05) is 0 Å². The van der Waals surface area contributed by atoms with Gasteiger partial charge in [-0.3, -0.25) is 5.32 Å². The van der Waals surface area contributed by atoms with Gasteiger partial charge in [0, 0.05) is 6.04 Å². The maximum absolute atomic E-state index is 5.43. The summed E-state index contributed by atoms with van der Waals surface area (Å²) in [5.41, 5.74) is 0. The number of epoxide rings is 1. The van der Waals surface area contributed by atoms with E-state index in [4.69, 9.17) is 4.74 Å². The van der Waals surface area contributed by atoms with Crippen molar-refractivity contribution in [3.05, 3.63) is 0 Å². The number of rotatable bonds is 4. The summed E-state index contributed by atoms with van der Waals surface area (Å²) in [6.45, 7) is 8.75. The Morgan fingerprint density at radius 3 is 2.36 bits per heavy atom. The maximum Gasteiger partial charge on any atom is 0.135 e. The summed E-state index contributed by atoms with van der Waals surface area (Å²) in [6.07, 6.45) is 2.01.